The third-order valence-corrected chi connectivity index (χ3v) is 3.46. The quantitative estimate of drug-likeness (QED) is 0.774. The molecule has 0 spiro atoms. The number of benzene rings is 2. The first-order valence-corrected chi connectivity index (χ1v) is 7.80. The van der Waals surface area contributed by atoms with Gasteiger partial charge in [0.2, 0.25) is 0 Å². The Morgan fingerprint density at radius 1 is 1.05 bits per heavy atom. The predicted octanol–water partition coefficient (Wildman–Crippen LogP) is 4.86. The molecule has 0 aliphatic carbocycles. The van der Waals surface area contributed by atoms with Gasteiger partial charge in [0.05, 0.1) is 13.7 Å². The van der Waals surface area contributed by atoms with E-state index in [0.29, 0.717) is 0 Å². The minimum Gasteiger partial charge on any atom is -0.497 e. The average molecular weight is 350 g/mol. The van der Waals surface area contributed by atoms with E-state index in [1.807, 2.05) is 30.3 Å². The van der Waals surface area contributed by atoms with E-state index in [4.69, 9.17) is 9.47 Å². The van der Waals surface area contributed by atoms with E-state index in [0.717, 1.165) is 41.2 Å². The largest absolute Gasteiger partial charge is 0.497 e. The number of ether oxygens (including phenoxy) is 2. The van der Waals surface area contributed by atoms with Gasteiger partial charge in [-0.05, 0) is 36.2 Å². The van der Waals surface area contributed by atoms with Gasteiger partial charge in [-0.1, -0.05) is 35.0 Å². The Morgan fingerprint density at radius 2 is 1.81 bits per heavy atom. The van der Waals surface area contributed by atoms with E-state index in [-0.39, 0.29) is 0 Å². The van der Waals surface area contributed by atoms with E-state index in [1.54, 1.807) is 7.11 Å². The Kier molecular flexibility index (Phi) is 5.93. The molecule has 2 rings (SSSR count). The molecular weight excluding hydrogens is 330 g/mol. The van der Waals surface area contributed by atoms with Crippen LogP contribution in [0.4, 0.5) is 5.69 Å². The predicted molar refractivity (Wildman–Crippen MR) is 90.2 cm³/mol. The second-order valence-corrected chi connectivity index (χ2v) is 5.64. The summed E-state index contributed by atoms with van der Waals surface area (Å²) in [6, 6.07) is 14.1. The van der Waals surface area contributed by atoms with Crippen LogP contribution in [0.25, 0.3) is 0 Å². The van der Waals surface area contributed by atoms with Crippen LogP contribution in [0.2, 0.25) is 0 Å². The fourth-order valence-electron chi connectivity index (χ4n) is 1.91. The van der Waals surface area contributed by atoms with Crippen molar-refractivity contribution in [2.45, 2.75) is 19.9 Å². The summed E-state index contributed by atoms with van der Waals surface area (Å²) >= 11 is 3.48. The van der Waals surface area contributed by atoms with E-state index < -0.39 is 0 Å². The van der Waals surface area contributed by atoms with Crippen LogP contribution in [-0.2, 0) is 6.54 Å². The number of hydrogen-bond acceptors (Lipinski definition) is 3. The lowest BCUT2D eigenvalue weighted by atomic mass is 10.2. The van der Waals surface area contributed by atoms with Crippen molar-refractivity contribution in [3.8, 4) is 11.5 Å². The Hall–Kier alpha value is -1.68. The van der Waals surface area contributed by atoms with E-state index in [9.17, 15) is 0 Å². The van der Waals surface area contributed by atoms with Gasteiger partial charge in [-0.3, -0.25) is 0 Å². The summed E-state index contributed by atoms with van der Waals surface area (Å²) in [7, 11) is 1.67. The Balaban J connectivity index is 1.95. The summed E-state index contributed by atoms with van der Waals surface area (Å²) in [5.41, 5.74) is 2.23. The van der Waals surface area contributed by atoms with Crippen LogP contribution in [0.3, 0.4) is 0 Å². The van der Waals surface area contributed by atoms with E-state index in [1.165, 1.54) is 5.56 Å². The van der Waals surface area contributed by atoms with Crippen LogP contribution in [0.15, 0.2) is 46.9 Å². The van der Waals surface area contributed by atoms with Crippen molar-refractivity contribution in [3.05, 3.63) is 52.5 Å². The number of anilines is 1. The molecule has 0 aromatic heterocycles. The summed E-state index contributed by atoms with van der Waals surface area (Å²) in [6.07, 6.45) is 1.02. The first kappa shape index (κ1) is 15.7. The van der Waals surface area contributed by atoms with Crippen LogP contribution >= 0.6 is 15.9 Å². The van der Waals surface area contributed by atoms with Gasteiger partial charge >= 0.3 is 0 Å². The maximum atomic E-state index is 5.58. The highest BCUT2D eigenvalue weighted by Crippen LogP contribution is 2.25. The monoisotopic (exact) mass is 349 g/mol. The normalized spacial score (nSPS) is 10.2. The molecule has 0 radical (unpaired) electrons. The first-order valence-electron chi connectivity index (χ1n) is 7.01. The molecule has 0 bridgehead atoms. The highest BCUT2D eigenvalue weighted by molar-refractivity contribution is 9.10. The molecule has 112 valence electrons. The molecule has 0 aliphatic rings. The van der Waals surface area contributed by atoms with Gasteiger partial charge in [-0.2, -0.15) is 0 Å². The molecular formula is C17H20BrNO2. The second kappa shape index (κ2) is 7.93. The lowest BCUT2D eigenvalue weighted by Crippen LogP contribution is -2.00. The maximum Gasteiger partial charge on any atom is 0.122 e. The number of rotatable bonds is 7. The van der Waals surface area contributed by atoms with E-state index >= 15 is 0 Å². The molecule has 0 atom stereocenters. The highest BCUT2D eigenvalue weighted by Gasteiger charge is 2.00. The molecule has 21 heavy (non-hydrogen) atoms. The van der Waals surface area contributed by atoms with Crippen molar-refractivity contribution in [1.29, 1.82) is 0 Å². The van der Waals surface area contributed by atoms with Crippen LogP contribution in [-0.4, -0.2) is 13.7 Å². The Morgan fingerprint density at radius 3 is 2.48 bits per heavy atom. The summed E-state index contributed by atoms with van der Waals surface area (Å²) in [5.74, 6) is 1.75. The SMILES string of the molecule is CCCOc1ccc(CNc2cc(Br)cc(OC)c2)cc1. The molecule has 0 fully saturated rings. The molecule has 1 N–H and O–H groups in total. The fourth-order valence-corrected chi connectivity index (χ4v) is 2.38. The number of nitrogens with one attached hydrogen (secondary N) is 1. The van der Waals surface area contributed by atoms with Crippen molar-refractivity contribution in [3.63, 3.8) is 0 Å². The Labute approximate surface area is 134 Å². The molecule has 0 heterocycles. The smallest absolute Gasteiger partial charge is 0.122 e. The standard InChI is InChI=1S/C17H20BrNO2/c1-3-8-21-16-6-4-13(5-7-16)12-19-15-9-14(18)10-17(11-15)20-2/h4-7,9-11,19H,3,8,12H2,1-2H3. The van der Waals surface area contributed by atoms with Crippen LogP contribution in [0, 0.1) is 0 Å². The topological polar surface area (TPSA) is 30.5 Å². The van der Waals surface area contributed by atoms with E-state index in [2.05, 4.69) is 40.3 Å². The number of hydrogen-bond donors (Lipinski definition) is 1. The zero-order valence-electron chi connectivity index (χ0n) is 12.4. The summed E-state index contributed by atoms with van der Waals surface area (Å²) < 4.78 is 11.8. The van der Waals surface area contributed by atoms with Gasteiger partial charge in [0.15, 0.2) is 0 Å². The summed E-state index contributed by atoms with van der Waals surface area (Å²) in [6.45, 7) is 3.62. The molecule has 0 aliphatic heterocycles. The second-order valence-electron chi connectivity index (χ2n) is 4.73. The Bertz CT molecular complexity index is 570. The highest BCUT2D eigenvalue weighted by atomic mass is 79.9. The molecule has 0 amide bonds. The van der Waals surface area contributed by atoms with Crippen molar-refractivity contribution >= 4 is 21.6 Å². The molecule has 4 heteroatoms. The van der Waals surface area contributed by atoms with Gasteiger partial charge in [-0.25, -0.2) is 0 Å². The number of halogens is 1. The minimum absolute atomic E-state index is 0.758. The third kappa shape index (κ3) is 4.97. The molecule has 2 aromatic rings. The zero-order chi connectivity index (χ0) is 15.1. The van der Waals surface area contributed by atoms with Crippen LogP contribution in [0.5, 0.6) is 11.5 Å². The fraction of sp³-hybridized carbons (Fsp3) is 0.294. The lowest BCUT2D eigenvalue weighted by Gasteiger charge is -2.10. The minimum atomic E-state index is 0.758. The molecule has 3 nitrogen and oxygen atoms in total. The van der Waals surface area contributed by atoms with Crippen molar-refractivity contribution in [2.75, 3.05) is 19.0 Å². The lowest BCUT2D eigenvalue weighted by molar-refractivity contribution is 0.317. The molecule has 0 saturated heterocycles. The molecule has 0 saturated carbocycles. The molecule has 2 aromatic carbocycles. The van der Waals surface area contributed by atoms with Crippen LogP contribution < -0.4 is 14.8 Å². The van der Waals surface area contributed by atoms with Gasteiger partial charge in [0, 0.05) is 22.8 Å². The number of methoxy groups -OCH3 is 1. The van der Waals surface area contributed by atoms with Crippen LogP contribution in [0.1, 0.15) is 18.9 Å². The van der Waals surface area contributed by atoms with Gasteiger partial charge in [0.1, 0.15) is 11.5 Å². The maximum absolute atomic E-state index is 5.58. The third-order valence-electron chi connectivity index (χ3n) is 3.00. The zero-order valence-corrected chi connectivity index (χ0v) is 13.9. The summed E-state index contributed by atoms with van der Waals surface area (Å²) in [4.78, 5) is 0. The first-order chi connectivity index (χ1) is 10.2. The van der Waals surface area contributed by atoms with Crippen molar-refractivity contribution in [1.82, 2.24) is 0 Å². The van der Waals surface area contributed by atoms with Gasteiger partial charge in [0.25, 0.3) is 0 Å². The van der Waals surface area contributed by atoms with Gasteiger partial charge < -0.3 is 14.8 Å². The van der Waals surface area contributed by atoms with Crippen molar-refractivity contribution < 1.29 is 9.47 Å². The summed E-state index contributed by atoms with van der Waals surface area (Å²) in [5, 5.41) is 3.39. The van der Waals surface area contributed by atoms with Gasteiger partial charge in [-0.15, -0.1) is 0 Å². The molecule has 0 unspecified atom stereocenters. The average Bonchev–Trinajstić information content (AvgIpc) is 2.51. The van der Waals surface area contributed by atoms with Crippen molar-refractivity contribution in [2.24, 2.45) is 0 Å².